The maximum Gasteiger partial charge on any atom is 0.250 e. The van der Waals surface area contributed by atoms with E-state index in [1.54, 1.807) is 18.6 Å². The predicted molar refractivity (Wildman–Crippen MR) is 116 cm³/mol. The van der Waals surface area contributed by atoms with Gasteiger partial charge in [-0.15, -0.1) is 0 Å². The summed E-state index contributed by atoms with van der Waals surface area (Å²) in [6.45, 7) is 2.54. The van der Waals surface area contributed by atoms with Crippen LogP contribution in [0.2, 0.25) is 0 Å². The molecule has 30 heavy (non-hydrogen) atoms. The molecule has 2 aromatic carbocycles. The SMILES string of the molecule is Cc1[nH]c2c(C(N)=O)cccc2c1C1NC(=NCc2ccccc2)c2cocc2N1. The minimum absolute atomic E-state index is 0.249. The number of H-pyrrole nitrogens is 1. The summed E-state index contributed by atoms with van der Waals surface area (Å²) in [6, 6.07) is 15.6. The Morgan fingerprint density at radius 2 is 1.93 bits per heavy atom. The van der Waals surface area contributed by atoms with Crippen LogP contribution in [0.3, 0.4) is 0 Å². The van der Waals surface area contributed by atoms with Gasteiger partial charge in [-0.05, 0) is 18.6 Å². The van der Waals surface area contributed by atoms with Crippen LogP contribution in [0.5, 0.6) is 0 Å². The van der Waals surface area contributed by atoms with Crippen LogP contribution in [-0.4, -0.2) is 16.7 Å². The van der Waals surface area contributed by atoms with E-state index in [4.69, 9.17) is 15.1 Å². The number of furan rings is 1. The van der Waals surface area contributed by atoms with E-state index >= 15 is 0 Å². The van der Waals surface area contributed by atoms with Crippen molar-refractivity contribution in [3.05, 3.63) is 89.0 Å². The van der Waals surface area contributed by atoms with Crippen LogP contribution in [0.25, 0.3) is 10.9 Å². The highest BCUT2D eigenvalue weighted by Gasteiger charge is 2.28. The minimum Gasteiger partial charge on any atom is -0.470 e. The second-order valence-electron chi connectivity index (χ2n) is 7.33. The molecule has 4 aromatic rings. The Morgan fingerprint density at radius 3 is 2.73 bits per heavy atom. The van der Waals surface area contributed by atoms with Gasteiger partial charge >= 0.3 is 0 Å². The number of aromatic nitrogens is 1. The van der Waals surface area contributed by atoms with Crippen molar-refractivity contribution in [2.75, 3.05) is 5.32 Å². The number of amidine groups is 1. The molecular weight excluding hydrogens is 378 g/mol. The first-order chi connectivity index (χ1) is 14.6. The molecule has 0 radical (unpaired) electrons. The van der Waals surface area contributed by atoms with E-state index in [9.17, 15) is 4.79 Å². The van der Waals surface area contributed by atoms with Gasteiger partial charge in [-0.25, -0.2) is 0 Å². The highest BCUT2D eigenvalue weighted by molar-refractivity contribution is 6.08. The number of aryl methyl sites for hydroxylation is 1. The van der Waals surface area contributed by atoms with Crippen LogP contribution in [0.1, 0.15) is 38.9 Å². The van der Waals surface area contributed by atoms with Gasteiger partial charge in [0.05, 0.1) is 28.9 Å². The zero-order valence-electron chi connectivity index (χ0n) is 16.4. The maximum atomic E-state index is 11.9. The zero-order chi connectivity index (χ0) is 20.7. The molecule has 1 aliphatic heterocycles. The van der Waals surface area contributed by atoms with Gasteiger partial charge in [0.15, 0.2) is 0 Å². The van der Waals surface area contributed by atoms with Crippen LogP contribution in [0, 0.1) is 6.92 Å². The van der Waals surface area contributed by atoms with Gasteiger partial charge in [0.2, 0.25) is 0 Å². The Balaban J connectivity index is 1.56. The fourth-order valence-corrected chi connectivity index (χ4v) is 3.97. The molecule has 1 atom stereocenters. The third-order valence-electron chi connectivity index (χ3n) is 5.39. The van der Waals surface area contributed by atoms with E-state index in [1.165, 1.54) is 0 Å². The van der Waals surface area contributed by atoms with E-state index in [-0.39, 0.29) is 6.17 Å². The van der Waals surface area contributed by atoms with Gasteiger partial charge in [0.25, 0.3) is 5.91 Å². The number of aliphatic imine (C=N–C) groups is 1. The van der Waals surface area contributed by atoms with Crippen LogP contribution in [0.4, 0.5) is 5.69 Å². The summed E-state index contributed by atoms with van der Waals surface area (Å²) in [5.41, 5.74) is 11.6. The van der Waals surface area contributed by atoms with Crippen molar-refractivity contribution in [3.8, 4) is 0 Å². The number of para-hydroxylation sites is 1. The molecule has 7 heteroatoms. The number of carbonyl (C=O) groups is 1. The van der Waals surface area contributed by atoms with Gasteiger partial charge in [0, 0.05) is 16.6 Å². The number of benzene rings is 2. The average Bonchev–Trinajstić information content (AvgIpc) is 3.35. The molecule has 1 aliphatic rings. The summed E-state index contributed by atoms with van der Waals surface area (Å²) in [5.74, 6) is 0.298. The quantitative estimate of drug-likeness (QED) is 0.418. The van der Waals surface area contributed by atoms with Crippen LogP contribution < -0.4 is 16.4 Å². The first-order valence-electron chi connectivity index (χ1n) is 9.71. The molecule has 5 N–H and O–H groups in total. The largest absolute Gasteiger partial charge is 0.470 e. The standard InChI is InChI=1S/C23H21N5O2/c1-13-19(15-8-5-9-16(21(24)29)20(15)26-13)23-27-18-12-30-11-17(18)22(28-23)25-10-14-6-3-2-4-7-14/h2-9,11-12,23,26-27H,10H2,1H3,(H2,24,29)(H,25,28). The van der Waals surface area contributed by atoms with E-state index < -0.39 is 5.91 Å². The highest BCUT2D eigenvalue weighted by atomic mass is 16.3. The Kier molecular flexibility index (Phi) is 4.28. The molecule has 0 saturated heterocycles. The molecule has 0 aliphatic carbocycles. The van der Waals surface area contributed by atoms with Crippen molar-refractivity contribution >= 4 is 28.3 Å². The highest BCUT2D eigenvalue weighted by Crippen LogP contribution is 2.34. The summed E-state index contributed by atoms with van der Waals surface area (Å²) in [4.78, 5) is 20.0. The number of primary amides is 1. The van der Waals surface area contributed by atoms with Gasteiger partial charge in [-0.2, -0.15) is 0 Å². The first-order valence-corrected chi connectivity index (χ1v) is 9.71. The van der Waals surface area contributed by atoms with Gasteiger partial charge < -0.3 is 25.8 Å². The number of nitrogens with one attached hydrogen (secondary N) is 3. The van der Waals surface area contributed by atoms with Gasteiger partial charge in [0.1, 0.15) is 24.5 Å². The zero-order valence-corrected chi connectivity index (χ0v) is 16.4. The van der Waals surface area contributed by atoms with E-state index in [1.807, 2.05) is 49.4 Å². The van der Waals surface area contributed by atoms with Crippen molar-refractivity contribution in [2.45, 2.75) is 19.6 Å². The number of nitrogens with zero attached hydrogens (tertiary/aromatic N) is 1. The second-order valence-corrected chi connectivity index (χ2v) is 7.33. The van der Waals surface area contributed by atoms with Crippen molar-refractivity contribution < 1.29 is 9.21 Å². The van der Waals surface area contributed by atoms with E-state index in [0.29, 0.717) is 12.1 Å². The molecule has 0 saturated carbocycles. The number of rotatable bonds is 4. The molecular formula is C23H21N5O2. The van der Waals surface area contributed by atoms with Crippen LogP contribution in [0.15, 0.2) is 70.5 Å². The third-order valence-corrected chi connectivity index (χ3v) is 5.39. The molecule has 150 valence electrons. The molecule has 3 heterocycles. The summed E-state index contributed by atoms with van der Waals surface area (Å²) >= 11 is 0. The normalized spacial score (nSPS) is 16.8. The summed E-state index contributed by atoms with van der Waals surface area (Å²) < 4.78 is 5.43. The molecule has 2 aromatic heterocycles. The molecule has 0 spiro atoms. The molecule has 5 rings (SSSR count). The smallest absolute Gasteiger partial charge is 0.250 e. The Bertz CT molecular complexity index is 1270. The number of hydrogen-bond acceptors (Lipinski definition) is 4. The van der Waals surface area contributed by atoms with Crippen molar-refractivity contribution in [1.82, 2.24) is 10.3 Å². The summed E-state index contributed by atoms with van der Waals surface area (Å²) in [7, 11) is 0. The van der Waals surface area contributed by atoms with Gasteiger partial charge in [-0.1, -0.05) is 42.5 Å². The molecule has 0 fully saturated rings. The van der Waals surface area contributed by atoms with Crippen LogP contribution in [-0.2, 0) is 6.54 Å². The maximum absolute atomic E-state index is 11.9. The number of amides is 1. The lowest BCUT2D eigenvalue weighted by molar-refractivity contribution is 0.100. The Labute approximate surface area is 173 Å². The Morgan fingerprint density at radius 1 is 1.10 bits per heavy atom. The molecule has 1 unspecified atom stereocenters. The number of anilines is 1. The average molecular weight is 399 g/mol. The number of hydrogen-bond donors (Lipinski definition) is 4. The van der Waals surface area contributed by atoms with Crippen molar-refractivity contribution in [1.29, 1.82) is 0 Å². The van der Waals surface area contributed by atoms with Crippen LogP contribution >= 0.6 is 0 Å². The fraction of sp³-hybridized carbons (Fsp3) is 0.130. The lowest BCUT2D eigenvalue weighted by Crippen LogP contribution is -2.38. The third kappa shape index (κ3) is 3.00. The monoisotopic (exact) mass is 399 g/mol. The molecule has 7 nitrogen and oxygen atoms in total. The number of fused-ring (bicyclic) bond motifs is 2. The predicted octanol–water partition coefficient (Wildman–Crippen LogP) is 3.83. The summed E-state index contributed by atoms with van der Waals surface area (Å²) in [6.07, 6.45) is 3.12. The summed E-state index contributed by atoms with van der Waals surface area (Å²) in [5, 5.41) is 7.89. The Hall–Kier alpha value is -4.00. The van der Waals surface area contributed by atoms with Crippen molar-refractivity contribution in [3.63, 3.8) is 0 Å². The lowest BCUT2D eigenvalue weighted by atomic mass is 10.0. The molecule has 0 bridgehead atoms. The fourth-order valence-electron chi connectivity index (χ4n) is 3.97. The van der Waals surface area contributed by atoms with E-state index in [0.717, 1.165) is 44.8 Å². The number of carbonyl (C=O) groups excluding carboxylic acids is 1. The molecule has 1 amide bonds. The first kappa shape index (κ1) is 18.1. The number of aromatic amines is 1. The van der Waals surface area contributed by atoms with E-state index in [2.05, 4.69) is 15.6 Å². The second kappa shape index (κ2) is 7.11. The topological polar surface area (TPSA) is 108 Å². The lowest BCUT2D eigenvalue weighted by Gasteiger charge is -2.28. The number of nitrogens with two attached hydrogens (primary N) is 1. The van der Waals surface area contributed by atoms with Gasteiger partial charge in [-0.3, -0.25) is 9.79 Å². The minimum atomic E-state index is -0.458. The van der Waals surface area contributed by atoms with Crippen molar-refractivity contribution in [2.24, 2.45) is 10.7 Å².